The topological polar surface area (TPSA) is 46.2 Å². The van der Waals surface area contributed by atoms with Crippen molar-refractivity contribution >= 4 is 47.4 Å². The van der Waals surface area contributed by atoms with Crippen molar-refractivity contribution in [1.82, 2.24) is 0 Å². The van der Waals surface area contributed by atoms with Gasteiger partial charge in [-0.05, 0) is 25.7 Å². The van der Waals surface area contributed by atoms with E-state index >= 15 is 8.78 Å². The highest BCUT2D eigenvalue weighted by atomic mass is 32.3. The summed E-state index contributed by atoms with van der Waals surface area (Å²) in [5.41, 5.74) is 0. The first kappa shape index (κ1) is 39.6. The number of unbranched alkanes of at least 4 members (excludes halogenated alkanes) is 1. The molecular weight excluding hydrogens is 631 g/mol. The molecule has 0 fully saturated rings. The van der Waals surface area contributed by atoms with Crippen molar-refractivity contribution in [3.8, 4) is 0 Å². The van der Waals surface area contributed by atoms with E-state index in [-0.39, 0.29) is 66.9 Å². The number of halogens is 9. The van der Waals surface area contributed by atoms with Gasteiger partial charge in [0.2, 0.25) is 3.41 Å². The standard InChI is InChI=1S/C21H35F9O5S4/c1-31-10-5-14-36-20(28,29)18(35-16-26,34-13-8-24)19(33-12-4-7-23,32-11-3-2-6-22)21(39-30,38-17-27)37-15-9-25/h2-17H2,1H3. The quantitative estimate of drug-likeness (QED) is 0.0482. The molecule has 0 aliphatic rings. The van der Waals surface area contributed by atoms with Gasteiger partial charge in [-0.2, -0.15) is 12.7 Å². The van der Waals surface area contributed by atoms with Crippen LogP contribution in [0.15, 0.2) is 0 Å². The SMILES string of the molecule is COCCCSC(F)(F)C(OCF)(OCCF)C(OCCCF)(OCCCCF)C(SF)(SCF)SCCF. The monoisotopic (exact) mass is 666 g/mol. The number of hydrogen-bond donors (Lipinski definition) is 0. The Kier molecular flexibility index (Phi) is 22.5. The Labute approximate surface area is 240 Å². The van der Waals surface area contributed by atoms with Gasteiger partial charge in [0.25, 0.3) is 5.79 Å². The molecule has 3 unspecified atom stereocenters. The Morgan fingerprint density at radius 2 is 1.23 bits per heavy atom. The predicted octanol–water partition coefficient (Wildman–Crippen LogP) is 7.45. The highest BCUT2D eigenvalue weighted by molar-refractivity contribution is 8.32. The molecule has 0 saturated carbocycles. The van der Waals surface area contributed by atoms with Gasteiger partial charge in [-0.3, -0.25) is 13.2 Å². The van der Waals surface area contributed by atoms with Crippen LogP contribution >= 0.6 is 47.4 Å². The number of methoxy groups -OCH3 is 1. The van der Waals surface area contributed by atoms with Crippen LogP contribution in [0.2, 0.25) is 0 Å². The van der Waals surface area contributed by atoms with Crippen molar-refractivity contribution < 1.29 is 62.7 Å². The van der Waals surface area contributed by atoms with Gasteiger partial charge in [0, 0.05) is 25.2 Å². The van der Waals surface area contributed by atoms with Gasteiger partial charge >= 0.3 is 11.0 Å². The Morgan fingerprint density at radius 1 is 0.590 bits per heavy atom. The van der Waals surface area contributed by atoms with Crippen LogP contribution in [0.1, 0.15) is 25.7 Å². The molecule has 0 aromatic carbocycles. The smallest absolute Gasteiger partial charge is 0.352 e. The van der Waals surface area contributed by atoms with Crippen molar-refractivity contribution in [1.29, 1.82) is 0 Å². The lowest BCUT2D eigenvalue weighted by atomic mass is 10.1. The van der Waals surface area contributed by atoms with Crippen LogP contribution in [-0.4, -0.2) is 105 Å². The maximum atomic E-state index is 16.3. The molecule has 0 N–H and O–H groups in total. The van der Waals surface area contributed by atoms with E-state index in [1.807, 2.05) is 0 Å². The second kappa shape index (κ2) is 22.2. The third-order valence-electron chi connectivity index (χ3n) is 4.77. The third-order valence-corrected chi connectivity index (χ3v) is 9.92. The Balaban J connectivity index is 7.47. The molecule has 0 rings (SSSR count). The average Bonchev–Trinajstić information content (AvgIpc) is 2.93. The summed E-state index contributed by atoms with van der Waals surface area (Å²) < 4.78 is 151. The summed E-state index contributed by atoms with van der Waals surface area (Å²) in [5, 5.41) is -4.44. The molecule has 0 radical (unpaired) electrons. The fourth-order valence-corrected chi connectivity index (χ4v) is 7.36. The molecule has 0 aromatic rings. The molecule has 5 nitrogen and oxygen atoms in total. The van der Waals surface area contributed by atoms with E-state index in [4.69, 9.17) is 23.7 Å². The third kappa shape index (κ3) is 11.0. The summed E-state index contributed by atoms with van der Waals surface area (Å²) in [6, 6.07) is -1.47. The minimum absolute atomic E-state index is 0.0122. The molecule has 0 aliphatic heterocycles. The van der Waals surface area contributed by atoms with Crippen molar-refractivity contribution in [2.45, 2.75) is 45.9 Å². The van der Waals surface area contributed by atoms with E-state index in [9.17, 15) is 30.2 Å². The molecule has 0 saturated heterocycles. The largest absolute Gasteiger partial charge is 0.385 e. The number of thioether (sulfide) groups is 3. The highest BCUT2D eigenvalue weighted by Crippen LogP contribution is 2.65. The molecule has 236 valence electrons. The maximum absolute atomic E-state index is 16.3. The molecule has 0 amide bonds. The Hall–Kier alpha value is 0.570. The van der Waals surface area contributed by atoms with Crippen LogP contribution in [0.25, 0.3) is 0 Å². The number of rotatable bonds is 28. The van der Waals surface area contributed by atoms with Crippen molar-refractivity contribution in [2.24, 2.45) is 0 Å². The van der Waals surface area contributed by atoms with Crippen molar-refractivity contribution in [3.63, 3.8) is 0 Å². The van der Waals surface area contributed by atoms with E-state index in [1.165, 1.54) is 7.11 Å². The molecule has 3 atom stereocenters. The normalized spacial score (nSPS) is 17.1. The summed E-state index contributed by atoms with van der Waals surface area (Å²) in [6.45, 7) is -9.06. The van der Waals surface area contributed by atoms with E-state index in [0.717, 1.165) is 0 Å². The van der Waals surface area contributed by atoms with Gasteiger partial charge in [-0.1, -0.05) is 23.5 Å². The van der Waals surface area contributed by atoms with Crippen LogP contribution in [0, 0.1) is 0 Å². The first-order valence-electron chi connectivity index (χ1n) is 11.7. The lowest BCUT2D eigenvalue weighted by Gasteiger charge is -2.55. The molecule has 0 aliphatic carbocycles. The second-order valence-corrected chi connectivity index (χ2v) is 12.5. The number of alkyl halides is 8. The second-order valence-electron chi connectivity index (χ2n) is 7.30. The van der Waals surface area contributed by atoms with E-state index < -0.39 is 104 Å². The minimum Gasteiger partial charge on any atom is -0.385 e. The Bertz CT molecular complexity index is 612. The predicted molar refractivity (Wildman–Crippen MR) is 139 cm³/mol. The van der Waals surface area contributed by atoms with E-state index in [1.54, 1.807) is 0 Å². The zero-order valence-electron chi connectivity index (χ0n) is 21.4. The first-order chi connectivity index (χ1) is 18.7. The molecule has 0 spiro atoms. The summed E-state index contributed by atoms with van der Waals surface area (Å²) in [5.74, 6) is -8.20. The van der Waals surface area contributed by atoms with Crippen LogP contribution < -0.4 is 0 Å². The van der Waals surface area contributed by atoms with Gasteiger partial charge in [-0.15, -0.1) is 11.8 Å². The molecule has 0 heterocycles. The molecule has 39 heavy (non-hydrogen) atoms. The molecule has 0 aromatic heterocycles. The van der Waals surface area contributed by atoms with Crippen LogP contribution in [0.5, 0.6) is 0 Å². The van der Waals surface area contributed by atoms with Crippen molar-refractivity contribution in [2.75, 3.05) is 84.6 Å². The Morgan fingerprint density at radius 3 is 1.74 bits per heavy atom. The summed E-state index contributed by atoms with van der Waals surface area (Å²) in [4.78, 5) is 0. The van der Waals surface area contributed by atoms with Gasteiger partial charge in [0.05, 0.1) is 52.0 Å². The summed E-state index contributed by atoms with van der Waals surface area (Å²) in [7, 11) is 1.32. The van der Waals surface area contributed by atoms with Crippen LogP contribution in [-0.2, 0) is 23.7 Å². The summed E-state index contributed by atoms with van der Waals surface area (Å²) in [6.07, 6.45) is -0.766. The molecular formula is C21H35F9O5S4. The van der Waals surface area contributed by atoms with Crippen LogP contribution in [0.4, 0.5) is 39.0 Å². The van der Waals surface area contributed by atoms with Gasteiger partial charge in [0.15, 0.2) is 6.86 Å². The fourth-order valence-electron chi connectivity index (χ4n) is 3.21. The average molecular weight is 667 g/mol. The minimum atomic E-state index is -4.44. The zero-order valence-corrected chi connectivity index (χ0v) is 24.7. The molecule has 0 bridgehead atoms. The number of ether oxygens (including phenoxy) is 5. The number of hydrogen-bond acceptors (Lipinski definition) is 9. The van der Waals surface area contributed by atoms with Crippen molar-refractivity contribution in [3.05, 3.63) is 0 Å². The van der Waals surface area contributed by atoms with E-state index in [0.29, 0.717) is 0 Å². The van der Waals surface area contributed by atoms with Gasteiger partial charge in [0.1, 0.15) is 12.7 Å². The zero-order chi connectivity index (χ0) is 29.7. The lowest BCUT2D eigenvalue weighted by molar-refractivity contribution is -0.448. The molecule has 18 heteroatoms. The maximum Gasteiger partial charge on any atom is 0.352 e. The lowest BCUT2D eigenvalue weighted by Crippen LogP contribution is -2.75. The first-order valence-corrected chi connectivity index (χ1v) is 15.4. The summed E-state index contributed by atoms with van der Waals surface area (Å²) >= 11 is -0.739. The highest BCUT2D eigenvalue weighted by Gasteiger charge is 2.79. The van der Waals surface area contributed by atoms with E-state index in [2.05, 4.69) is 0 Å². The van der Waals surface area contributed by atoms with Crippen LogP contribution in [0.3, 0.4) is 0 Å². The fraction of sp³-hybridized carbons (Fsp3) is 1.00. The van der Waals surface area contributed by atoms with Gasteiger partial charge in [-0.25, -0.2) is 13.2 Å². The van der Waals surface area contributed by atoms with Gasteiger partial charge < -0.3 is 23.7 Å².